The van der Waals surface area contributed by atoms with E-state index in [1.54, 1.807) is 4.90 Å². The Bertz CT molecular complexity index is 981. The number of carbonyl (C=O) groups excluding carboxylic acids is 2. The number of carbonyl (C=O) groups is 2. The molecule has 0 saturated heterocycles. The molecule has 1 atom stereocenters. The Morgan fingerprint density at radius 1 is 1.09 bits per heavy atom. The van der Waals surface area contributed by atoms with Crippen molar-refractivity contribution >= 4 is 27.7 Å². The van der Waals surface area contributed by atoms with E-state index in [4.69, 9.17) is 4.74 Å². The molecule has 2 aromatic rings. The second kappa shape index (κ2) is 12.6. The first-order valence-electron chi connectivity index (χ1n) is 12.8. The van der Waals surface area contributed by atoms with Gasteiger partial charge < -0.3 is 15.0 Å². The average Bonchev–Trinajstić information content (AvgIpc) is 2.83. The fourth-order valence-corrected chi connectivity index (χ4v) is 5.04. The van der Waals surface area contributed by atoms with Crippen molar-refractivity contribution in [3.8, 4) is 5.75 Å². The summed E-state index contributed by atoms with van der Waals surface area (Å²) in [5.74, 6) is 0.344. The van der Waals surface area contributed by atoms with Crippen LogP contribution >= 0.6 is 15.9 Å². The summed E-state index contributed by atoms with van der Waals surface area (Å²) in [5.41, 5.74) is 2.18. The maximum Gasteiger partial charge on any atom is 0.261 e. The first-order valence-corrected chi connectivity index (χ1v) is 13.5. The lowest BCUT2D eigenvalue weighted by molar-refractivity contribution is -0.143. The minimum atomic E-state index is -0.542. The third kappa shape index (κ3) is 7.83. The van der Waals surface area contributed by atoms with Crippen LogP contribution in [0.15, 0.2) is 53.0 Å². The molecule has 0 heterocycles. The van der Waals surface area contributed by atoms with Gasteiger partial charge in [0.25, 0.3) is 5.91 Å². The van der Waals surface area contributed by atoms with E-state index in [9.17, 15) is 9.59 Å². The Morgan fingerprint density at radius 3 is 2.37 bits per heavy atom. The van der Waals surface area contributed by atoms with Gasteiger partial charge in [-0.15, -0.1) is 0 Å². The molecule has 35 heavy (non-hydrogen) atoms. The monoisotopic (exact) mass is 542 g/mol. The molecule has 1 fully saturated rings. The summed E-state index contributed by atoms with van der Waals surface area (Å²) in [6.07, 6.45) is 6.08. The number of nitrogens with one attached hydrogen (secondary N) is 1. The first kappa shape index (κ1) is 27.3. The van der Waals surface area contributed by atoms with E-state index < -0.39 is 6.04 Å². The Kier molecular flexibility index (Phi) is 9.79. The predicted molar refractivity (Wildman–Crippen MR) is 144 cm³/mol. The molecule has 190 valence electrons. The molecule has 1 N–H and O–H groups in total. The molecule has 0 radical (unpaired) electrons. The number of rotatable bonds is 9. The van der Waals surface area contributed by atoms with E-state index in [0.717, 1.165) is 35.7 Å². The summed E-state index contributed by atoms with van der Waals surface area (Å²) in [6.45, 7) is 8.66. The minimum Gasteiger partial charge on any atom is -0.483 e. The van der Waals surface area contributed by atoms with Gasteiger partial charge in [-0.2, -0.15) is 0 Å². The smallest absolute Gasteiger partial charge is 0.261 e. The van der Waals surface area contributed by atoms with Gasteiger partial charge in [0.1, 0.15) is 11.8 Å². The number of amides is 2. The standard InChI is InChI=1S/C29H39BrN2O3/c1-5-25(28(34)31-23-14-10-7-11-15-23)32(19-21-12-8-6-9-13-21)27(33)20-35-26-17-16-22(18-24(26)30)29(2,3)4/h6,8-9,12-13,16-18,23,25H,5,7,10-11,14-15,19-20H2,1-4H3,(H,31,34)/t25-/m0/s1. The van der Waals surface area contributed by atoms with Gasteiger partial charge in [0.15, 0.2) is 6.61 Å². The van der Waals surface area contributed by atoms with Gasteiger partial charge in [-0.1, -0.05) is 83.4 Å². The van der Waals surface area contributed by atoms with Gasteiger partial charge in [-0.3, -0.25) is 9.59 Å². The van der Waals surface area contributed by atoms with Gasteiger partial charge in [0.05, 0.1) is 4.47 Å². The van der Waals surface area contributed by atoms with E-state index in [1.165, 1.54) is 12.0 Å². The largest absolute Gasteiger partial charge is 0.483 e. The molecule has 0 aliphatic heterocycles. The van der Waals surface area contributed by atoms with Crippen molar-refractivity contribution in [2.45, 2.75) is 90.3 Å². The first-order chi connectivity index (χ1) is 16.7. The maximum absolute atomic E-state index is 13.5. The molecule has 1 aliphatic rings. The number of hydrogen-bond acceptors (Lipinski definition) is 3. The zero-order chi connectivity index (χ0) is 25.4. The lowest BCUT2D eigenvalue weighted by Gasteiger charge is -2.32. The van der Waals surface area contributed by atoms with E-state index >= 15 is 0 Å². The molecule has 3 rings (SSSR count). The molecular formula is C29H39BrN2O3. The van der Waals surface area contributed by atoms with E-state index in [0.29, 0.717) is 18.7 Å². The summed E-state index contributed by atoms with van der Waals surface area (Å²) in [6, 6.07) is 15.4. The predicted octanol–water partition coefficient (Wildman–Crippen LogP) is 6.38. The van der Waals surface area contributed by atoms with Crippen LogP contribution in [-0.4, -0.2) is 35.4 Å². The number of halogens is 1. The van der Waals surface area contributed by atoms with Crippen LogP contribution in [0.3, 0.4) is 0 Å². The Labute approximate surface area is 218 Å². The average molecular weight is 544 g/mol. The lowest BCUT2D eigenvalue weighted by Crippen LogP contribution is -2.52. The van der Waals surface area contributed by atoms with Crippen molar-refractivity contribution < 1.29 is 14.3 Å². The highest BCUT2D eigenvalue weighted by Gasteiger charge is 2.30. The van der Waals surface area contributed by atoms with Crippen LogP contribution in [0.4, 0.5) is 0 Å². The molecule has 2 aromatic carbocycles. The highest BCUT2D eigenvalue weighted by molar-refractivity contribution is 9.10. The van der Waals surface area contributed by atoms with Crippen molar-refractivity contribution in [2.75, 3.05) is 6.61 Å². The number of ether oxygens (including phenoxy) is 1. The van der Waals surface area contributed by atoms with Crippen molar-refractivity contribution in [2.24, 2.45) is 0 Å². The third-order valence-electron chi connectivity index (χ3n) is 6.68. The van der Waals surface area contributed by atoms with Gasteiger partial charge >= 0.3 is 0 Å². The lowest BCUT2D eigenvalue weighted by atomic mass is 9.87. The summed E-state index contributed by atoms with van der Waals surface area (Å²) in [4.78, 5) is 28.4. The number of nitrogens with zero attached hydrogens (tertiary/aromatic N) is 1. The molecule has 2 amide bonds. The highest BCUT2D eigenvalue weighted by atomic mass is 79.9. The van der Waals surface area contributed by atoms with Gasteiger partial charge in [-0.05, 0) is 63.9 Å². The van der Waals surface area contributed by atoms with Crippen LogP contribution in [0, 0.1) is 0 Å². The second-order valence-electron chi connectivity index (χ2n) is 10.5. The number of hydrogen-bond donors (Lipinski definition) is 1. The van der Waals surface area contributed by atoms with Crippen LogP contribution < -0.4 is 10.1 Å². The third-order valence-corrected chi connectivity index (χ3v) is 7.30. The van der Waals surface area contributed by atoms with Gasteiger partial charge in [0, 0.05) is 12.6 Å². The van der Waals surface area contributed by atoms with Crippen LogP contribution in [0.2, 0.25) is 0 Å². The van der Waals surface area contributed by atoms with E-state index in [1.807, 2.05) is 55.5 Å². The molecule has 6 heteroatoms. The zero-order valence-corrected chi connectivity index (χ0v) is 23.1. The highest BCUT2D eigenvalue weighted by Crippen LogP contribution is 2.31. The van der Waals surface area contributed by atoms with Gasteiger partial charge in [-0.25, -0.2) is 0 Å². The summed E-state index contributed by atoms with van der Waals surface area (Å²) >= 11 is 3.59. The maximum atomic E-state index is 13.5. The minimum absolute atomic E-state index is 0.0173. The molecular weight excluding hydrogens is 504 g/mol. The van der Waals surface area contributed by atoms with Crippen LogP contribution in [0.5, 0.6) is 5.75 Å². The zero-order valence-electron chi connectivity index (χ0n) is 21.5. The number of benzene rings is 2. The second-order valence-corrected chi connectivity index (χ2v) is 11.3. The summed E-state index contributed by atoms with van der Waals surface area (Å²) in [7, 11) is 0. The Morgan fingerprint density at radius 2 is 1.77 bits per heavy atom. The van der Waals surface area contributed by atoms with Crippen molar-refractivity contribution in [3.05, 3.63) is 64.1 Å². The molecule has 0 bridgehead atoms. The van der Waals surface area contributed by atoms with E-state index in [-0.39, 0.29) is 29.9 Å². The van der Waals surface area contributed by atoms with Gasteiger partial charge in [0.2, 0.25) is 5.91 Å². The van der Waals surface area contributed by atoms with Crippen LogP contribution in [-0.2, 0) is 21.5 Å². The Balaban J connectivity index is 1.75. The van der Waals surface area contributed by atoms with Crippen LogP contribution in [0.1, 0.15) is 77.3 Å². The molecule has 1 saturated carbocycles. The molecule has 0 aromatic heterocycles. The quantitative estimate of drug-likeness (QED) is 0.399. The molecule has 0 unspecified atom stereocenters. The fraction of sp³-hybridized carbons (Fsp3) is 0.517. The van der Waals surface area contributed by atoms with Crippen molar-refractivity contribution in [3.63, 3.8) is 0 Å². The molecule has 5 nitrogen and oxygen atoms in total. The summed E-state index contributed by atoms with van der Waals surface area (Å²) in [5, 5.41) is 3.21. The van der Waals surface area contributed by atoms with Crippen molar-refractivity contribution in [1.82, 2.24) is 10.2 Å². The van der Waals surface area contributed by atoms with Crippen LogP contribution in [0.25, 0.3) is 0 Å². The molecule has 0 spiro atoms. The SMILES string of the molecule is CC[C@@H](C(=O)NC1CCCCC1)N(Cc1ccccc1)C(=O)COc1ccc(C(C)(C)C)cc1Br. The van der Waals surface area contributed by atoms with Crippen molar-refractivity contribution in [1.29, 1.82) is 0 Å². The topological polar surface area (TPSA) is 58.6 Å². The summed E-state index contributed by atoms with van der Waals surface area (Å²) < 4.78 is 6.75. The fourth-order valence-electron chi connectivity index (χ4n) is 4.55. The van der Waals surface area contributed by atoms with E-state index in [2.05, 4.69) is 42.0 Å². The Hall–Kier alpha value is -2.34. The normalized spacial score (nSPS) is 15.3. The molecule has 1 aliphatic carbocycles.